The molecule has 0 aromatic carbocycles. The largest absolute Gasteiger partial charge is 0.476 e. The Labute approximate surface area is 134 Å². The molecule has 0 radical (unpaired) electrons. The molecule has 0 fully saturated rings. The van der Waals surface area contributed by atoms with E-state index in [1.807, 2.05) is 26.2 Å². The third-order valence-corrected chi connectivity index (χ3v) is 2.97. The number of ether oxygens (including phenoxy) is 1. The van der Waals surface area contributed by atoms with E-state index in [1.165, 1.54) is 0 Å². The van der Waals surface area contributed by atoms with Crippen molar-refractivity contribution >= 4 is 23.4 Å². The first-order valence-corrected chi connectivity index (χ1v) is 7.17. The number of nitrogens with one attached hydrogen (secondary N) is 1. The van der Waals surface area contributed by atoms with Crippen molar-refractivity contribution in [2.75, 3.05) is 38.3 Å². The summed E-state index contributed by atoms with van der Waals surface area (Å²) in [5.74, 6) is 1.31. The van der Waals surface area contributed by atoms with Crippen LogP contribution >= 0.6 is 11.6 Å². The van der Waals surface area contributed by atoms with Gasteiger partial charge in [-0.05, 0) is 25.7 Å². The fourth-order valence-electron chi connectivity index (χ4n) is 1.69. The van der Waals surface area contributed by atoms with Gasteiger partial charge >= 0.3 is 0 Å². The molecule has 0 aliphatic rings. The quantitative estimate of drug-likeness (QED) is 0.749. The lowest BCUT2D eigenvalue weighted by molar-refractivity contribution is 0.253. The molecule has 2 aromatic heterocycles. The van der Waals surface area contributed by atoms with Crippen LogP contribution in [0.3, 0.4) is 0 Å². The van der Waals surface area contributed by atoms with E-state index < -0.39 is 0 Å². The number of halogens is 1. The standard InChI is InChI=1S/C14H19ClN6O/c1-21(2)5-6-22-13-7-10(3-4-17-13)9-18-12-8-11(15)19-14(16)20-12/h3-4,7-8H,5-6,9H2,1-2H3,(H3,16,18,19,20). The number of hydrogen-bond donors (Lipinski definition) is 2. The van der Waals surface area contributed by atoms with Crippen LogP contribution in [0.4, 0.5) is 11.8 Å². The summed E-state index contributed by atoms with van der Waals surface area (Å²) in [5.41, 5.74) is 6.57. The van der Waals surface area contributed by atoms with Crippen LogP contribution in [-0.2, 0) is 6.54 Å². The van der Waals surface area contributed by atoms with Gasteiger partial charge in [0.15, 0.2) is 0 Å². The van der Waals surface area contributed by atoms with E-state index in [1.54, 1.807) is 12.3 Å². The molecule has 8 heteroatoms. The van der Waals surface area contributed by atoms with Gasteiger partial charge in [-0.15, -0.1) is 0 Å². The smallest absolute Gasteiger partial charge is 0.223 e. The molecule has 0 aliphatic carbocycles. The molecular formula is C14H19ClN6O. The Bertz CT molecular complexity index is 602. The summed E-state index contributed by atoms with van der Waals surface area (Å²) in [5, 5.41) is 3.44. The van der Waals surface area contributed by atoms with E-state index in [2.05, 4.69) is 25.2 Å². The third kappa shape index (κ3) is 5.34. The molecule has 0 saturated heterocycles. The number of pyridine rings is 1. The summed E-state index contributed by atoms with van der Waals surface area (Å²) < 4.78 is 5.60. The van der Waals surface area contributed by atoms with Gasteiger partial charge in [0.1, 0.15) is 17.6 Å². The van der Waals surface area contributed by atoms with Gasteiger partial charge in [0, 0.05) is 31.4 Å². The topological polar surface area (TPSA) is 89.2 Å². The summed E-state index contributed by atoms with van der Waals surface area (Å²) in [7, 11) is 3.99. The van der Waals surface area contributed by atoms with Crippen LogP contribution in [-0.4, -0.2) is 47.1 Å². The van der Waals surface area contributed by atoms with Crippen molar-refractivity contribution < 1.29 is 4.74 Å². The highest BCUT2D eigenvalue weighted by Crippen LogP contribution is 2.15. The Morgan fingerprint density at radius 2 is 2.14 bits per heavy atom. The van der Waals surface area contributed by atoms with Crippen LogP contribution < -0.4 is 15.8 Å². The highest BCUT2D eigenvalue weighted by Gasteiger charge is 2.02. The zero-order valence-electron chi connectivity index (χ0n) is 12.6. The normalized spacial score (nSPS) is 10.7. The zero-order chi connectivity index (χ0) is 15.9. The number of hydrogen-bond acceptors (Lipinski definition) is 7. The van der Waals surface area contributed by atoms with Crippen LogP contribution in [0.5, 0.6) is 5.88 Å². The second kappa shape index (κ2) is 7.77. The van der Waals surface area contributed by atoms with E-state index in [0.717, 1.165) is 12.1 Å². The Kier molecular flexibility index (Phi) is 5.74. The van der Waals surface area contributed by atoms with Gasteiger partial charge in [-0.1, -0.05) is 11.6 Å². The minimum absolute atomic E-state index is 0.137. The van der Waals surface area contributed by atoms with Crippen molar-refractivity contribution in [1.29, 1.82) is 0 Å². The van der Waals surface area contributed by atoms with Gasteiger partial charge in [-0.25, -0.2) is 9.97 Å². The zero-order valence-corrected chi connectivity index (χ0v) is 13.3. The number of rotatable bonds is 7. The third-order valence-electron chi connectivity index (χ3n) is 2.77. The molecule has 2 heterocycles. The molecule has 0 amide bonds. The maximum absolute atomic E-state index is 5.83. The Hall–Kier alpha value is -2.12. The Morgan fingerprint density at radius 1 is 1.32 bits per heavy atom. The van der Waals surface area contributed by atoms with Crippen molar-refractivity contribution in [1.82, 2.24) is 19.9 Å². The van der Waals surface area contributed by atoms with E-state index in [-0.39, 0.29) is 5.95 Å². The molecule has 118 valence electrons. The lowest BCUT2D eigenvalue weighted by Gasteiger charge is -2.11. The van der Waals surface area contributed by atoms with Crippen LogP contribution in [0.1, 0.15) is 5.56 Å². The van der Waals surface area contributed by atoms with E-state index in [9.17, 15) is 0 Å². The first kappa shape index (κ1) is 16.3. The number of likely N-dealkylation sites (N-methyl/N-ethyl adjacent to an activating group) is 1. The molecule has 22 heavy (non-hydrogen) atoms. The summed E-state index contributed by atoms with van der Waals surface area (Å²) in [6.07, 6.45) is 1.71. The van der Waals surface area contributed by atoms with Crippen molar-refractivity contribution in [3.05, 3.63) is 35.1 Å². The highest BCUT2D eigenvalue weighted by atomic mass is 35.5. The summed E-state index contributed by atoms with van der Waals surface area (Å²) >= 11 is 5.83. The molecule has 2 rings (SSSR count). The maximum atomic E-state index is 5.83. The molecule has 3 N–H and O–H groups in total. The molecule has 7 nitrogen and oxygen atoms in total. The molecule has 2 aromatic rings. The molecule has 0 bridgehead atoms. The van der Waals surface area contributed by atoms with Gasteiger partial charge < -0.3 is 20.7 Å². The Balaban J connectivity index is 1.92. The van der Waals surface area contributed by atoms with E-state index in [0.29, 0.717) is 30.0 Å². The number of nitrogen functional groups attached to an aromatic ring is 1. The average molecular weight is 323 g/mol. The number of aromatic nitrogens is 3. The van der Waals surface area contributed by atoms with Gasteiger partial charge in [0.05, 0.1) is 0 Å². The minimum Gasteiger partial charge on any atom is -0.476 e. The Morgan fingerprint density at radius 3 is 2.86 bits per heavy atom. The lowest BCUT2D eigenvalue weighted by Crippen LogP contribution is -2.19. The van der Waals surface area contributed by atoms with E-state index in [4.69, 9.17) is 22.1 Å². The molecule has 0 aliphatic heterocycles. The molecular weight excluding hydrogens is 304 g/mol. The summed E-state index contributed by atoms with van der Waals surface area (Å²) in [6, 6.07) is 5.40. The van der Waals surface area contributed by atoms with Gasteiger partial charge in [0.25, 0.3) is 0 Å². The highest BCUT2D eigenvalue weighted by molar-refractivity contribution is 6.29. The van der Waals surface area contributed by atoms with Gasteiger partial charge in [0.2, 0.25) is 11.8 Å². The average Bonchev–Trinajstić information content (AvgIpc) is 2.44. The van der Waals surface area contributed by atoms with Crippen LogP contribution in [0.2, 0.25) is 5.15 Å². The predicted molar refractivity (Wildman–Crippen MR) is 87.1 cm³/mol. The minimum atomic E-state index is 0.137. The molecule has 0 saturated carbocycles. The maximum Gasteiger partial charge on any atom is 0.223 e. The molecule has 0 spiro atoms. The van der Waals surface area contributed by atoms with Crippen molar-refractivity contribution in [2.45, 2.75) is 6.54 Å². The van der Waals surface area contributed by atoms with Gasteiger partial charge in [-0.2, -0.15) is 4.98 Å². The summed E-state index contributed by atoms with van der Waals surface area (Å²) in [4.78, 5) is 14.1. The SMILES string of the molecule is CN(C)CCOc1cc(CNc2cc(Cl)nc(N)n2)ccn1. The lowest BCUT2D eigenvalue weighted by atomic mass is 10.2. The first-order valence-electron chi connectivity index (χ1n) is 6.79. The van der Waals surface area contributed by atoms with Crippen LogP contribution in [0.25, 0.3) is 0 Å². The second-order valence-electron chi connectivity index (χ2n) is 4.94. The first-order chi connectivity index (χ1) is 10.5. The van der Waals surface area contributed by atoms with Crippen molar-refractivity contribution in [3.63, 3.8) is 0 Å². The molecule has 0 atom stereocenters. The van der Waals surface area contributed by atoms with E-state index >= 15 is 0 Å². The number of nitrogens with zero attached hydrogens (tertiary/aromatic N) is 4. The van der Waals surface area contributed by atoms with Crippen molar-refractivity contribution in [3.8, 4) is 5.88 Å². The monoisotopic (exact) mass is 322 g/mol. The summed E-state index contributed by atoms with van der Waals surface area (Å²) in [6.45, 7) is 1.98. The fourth-order valence-corrected chi connectivity index (χ4v) is 1.88. The fraction of sp³-hybridized carbons (Fsp3) is 0.357. The number of nitrogens with two attached hydrogens (primary N) is 1. The van der Waals surface area contributed by atoms with Gasteiger partial charge in [-0.3, -0.25) is 0 Å². The predicted octanol–water partition coefficient (Wildman–Crippen LogP) is 1.66. The molecule has 0 unspecified atom stereocenters. The van der Waals surface area contributed by atoms with Crippen LogP contribution in [0.15, 0.2) is 24.4 Å². The second-order valence-corrected chi connectivity index (χ2v) is 5.33. The number of anilines is 2. The van der Waals surface area contributed by atoms with Crippen LogP contribution in [0, 0.1) is 0 Å². The van der Waals surface area contributed by atoms with Crippen molar-refractivity contribution in [2.24, 2.45) is 0 Å².